The molecule has 0 spiro atoms. The van der Waals surface area contributed by atoms with Crippen LogP contribution >= 0.6 is 11.6 Å². The zero-order chi connectivity index (χ0) is 14.2. The monoisotopic (exact) mass is 281 g/mol. The quantitative estimate of drug-likeness (QED) is 0.940. The van der Waals surface area contributed by atoms with Gasteiger partial charge in [0.15, 0.2) is 5.82 Å². The van der Waals surface area contributed by atoms with Crippen LogP contribution in [0.2, 0.25) is 5.02 Å². The summed E-state index contributed by atoms with van der Waals surface area (Å²) < 4.78 is 3.60. The largest absolute Gasteiger partial charge is 0.308 e. The summed E-state index contributed by atoms with van der Waals surface area (Å²) in [4.78, 5) is 0. The van der Waals surface area contributed by atoms with E-state index in [0.29, 0.717) is 5.02 Å². The Hall–Kier alpha value is -1.33. The molecule has 0 aliphatic rings. The van der Waals surface area contributed by atoms with Crippen molar-refractivity contribution < 1.29 is 0 Å². The first-order valence-corrected chi connectivity index (χ1v) is 6.64. The van der Waals surface area contributed by atoms with E-state index in [-0.39, 0.29) is 5.54 Å². The maximum absolute atomic E-state index is 5.94. The van der Waals surface area contributed by atoms with Crippen molar-refractivity contribution in [2.45, 2.75) is 39.8 Å². The van der Waals surface area contributed by atoms with Crippen LogP contribution in [0.5, 0.6) is 0 Å². The van der Waals surface area contributed by atoms with E-state index in [9.17, 15) is 0 Å². The average Bonchev–Trinajstić information content (AvgIpc) is 2.78. The van der Waals surface area contributed by atoms with E-state index in [4.69, 9.17) is 11.6 Å². The highest BCUT2D eigenvalue weighted by atomic mass is 35.5. The number of nitrogens with zero attached hydrogens (tertiary/aromatic N) is 4. The van der Waals surface area contributed by atoms with Crippen LogP contribution in [0.1, 0.15) is 32.0 Å². The van der Waals surface area contributed by atoms with E-state index in [1.54, 1.807) is 17.1 Å². The Labute approximate surface area is 118 Å². The van der Waals surface area contributed by atoms with Crippen LogP contribution < -0.4 is 5.32 Å². The summed E-state index contributed by atoms with van der Waals surface area (Å²) in [7, 11) is 1.92. The fourth-order valence-corrected chi connectivity index (χ4v) is 2.09. The Morgan fingerprint density at radius 3 is 2.58 bits per heavy atom. The molecule has 6 heteroatoms. The smallest absolute Gasteiger partial charge is 0.156 e. The average molecular weight is 282 g/mol. The number of hydrogen-bond acceptors (Lipinski definition) is 3. The summed E-state index contributed by atoms with van der Waals surface area (Å²) in [6, 6.07) is 0. The molecule has 19 heavy (non-hydrogen) atoms. The Morgan fingerprint density at radius 2 is 2.05 bits per heavy atom. The Morgan fingerprint density at radius 1 is 1.37 bits per heavy atom. The van der Waals surface area contributed by atoms with Gasteiger partial charge in [-0.15, -0.1) is 0 Å². The standard InChI is InChI=1S/C13H20ClN5/c1-9-11(7-15-13(2,3)4)12(18(5)17-9)19-8-10(14)6-16-19/h6,8,15H,7H2,1-5H3. The number of aryl methyl sites for hydroxylation is 2. The molecule has 2 aromatic heterocycles. The van der Waals surface area contributed by atoms with Gasteiger partial charge in [-0.05, 0) is 27.7 Å². The highest BCUT2D eigenvalue weighted by molar-refractivity contribution is 6.30. The lowest BCUT2D eigenvalue weighted by Gasteiger charge is -2.20. The molecule has 0 bridgehead atoms. The van der Waals surface area contributed by atoms with Crippen molar-refractivity contribution in [3.63, 3.8) is 0 Å². The van der Waals surface area contributed by atoms with Crippen LogP contribution in [0.15, 0.2) is 12.4 Å². The van der Waals surface area contributed by atoms with Crippen LogP contribution in [0.25, 0.3) is 5.82 Å². The molecule has 0 aliphatic heterocycles. The molecule has 0 saturated heterocycles. The summed E-state index contributed by atoms with van der Waals surface area (Å²) in [5, 5.41) is 12.8. The zero-order valence-corrected chi connectivity index (χ0v) is 12.8. The molecule has 2 aromatic rings. The second-order valence-corrected chi connectivity index (χ2v) is 6.15. The van der Waals surface area contributed by atoms with Gasteiger partial charge in [0.2, 0.25) is 0 Å². The van der Waals surface area contributed by atoms with Crippen LogP contribution in [-0.2, 0) is 13.6 Å². The number of hydrogen-bond donors (Lipinski definition) is 1. The van der Waals surface area contributed by atoms with Gasteiger partial charge < -0.3 is 5.32 Å². The van der Waals surface area contributed by atoms with Gasteiger partial charge in [0.1, 0.15) is 0 Å². The first-order valence-electron chi connectivity index (χ1n) is 6.26. The van der Waals surface area contributed by atoms with Crippen LogP contribution in [0.4, 0.5) is 0 Å². The Balaban J connectivity index is 2.38. The van der Waals surface area contributed by atoms with E-state index in [0.717, 1.165) is 23.6 Å². The number of halogens is 1. The van der Waals surface area contributed by atoms with Crippen molar-refractivity contribution in [1.82, 2.24) is 24.9 Å². The number of rotatable bonds is 3. The maximum Gasteiger partial charge on any atom is 0.156 e. The van der Waals surface area contributed by atoms with Gasteiger partial charge in [0, 0.05) is 24.7 Å². The fourth-order valence-electron chi connectivity index (χ4n) is 1.95. The molecule has 2 rings (SSSR count). The molecule has 0 saturated carbocycles. The summed E-state index contributed by atoms with van der Waals surface area (Å²) >= 11 is 5.94. The van der Waals surface area contributed by atoms with Gasteiger partial charge in [-0.2, -0.15) is 10.2 Å². The molecule has 0 aliphatic carbocycles. The number of aromatic nitrogens is 4. The summed E-state index contributed by atoms with van der Waals surface area (Å²) in [5.74, 6) is 0.946. The topological polar surface area (TPSA) is 47.7 Å². The maximum atomic E-state index is 5.94. The van der Waals surface area contributed by atoms with Crippen molar-refractivity contribution in [3.8, 4) is 5.82 Å². The van der Waals surface area contributed by atoms with E-state index < -0.39 is 0 Å². The first kappa shape index (κ1) is 14.1. The highest BCUT2D eigenvalue weighted by Gasteiger charge is 2.18. The number of nitrogens with one attached hydrogen (secondary N) is 1. The van der Waals surface area contributed by atoms with Crippen molar-refractivity contribution in [2.75, 3.05) is 0 Å². The molecule has 2 heterocycles. The van der Waals surface area contributed by atoms with Crippen molar-refractivity contribution >= 4 is 11.6 Å². The molecule has 1 N–H and O–H groups in total. The summed E-state index contributed by atoms with van der Waals surface area (Å²) in [6.45, 7) is 9.18. The molecular formula is C13H20ClN5. The van der Waals surface area contributed by atoms with E-state index >= 15 is 0 Å². The molecule has 0 unspecified atom stereocenters. The third kappa shape index (κ3) is 3.16. The van der Waals surface area contributed by atoms with E-state index in [2.05, 4.69) is 36.3 Å². The Kier molecular flexibility index (Phi) is 3.69. The van der Waals surface area contributed by atoms with Gasteiger partial charge in [-0.1, -0.05) is 11.6 Å². The molecular weight excluding hydrogens is 262 g/mol. The minimum atomic E-state index is 0.0569. The minimum Gasteiger partial charge on any atom is -0.308 e. The van der Waals surface area contributed by atoms with Crippen LogP contribution in [0, 0.1) is 6.92 Å². The van der Waals surface area contributed by atoms with Gasteiger partial charge in [-0.25, -0.2) is 4.68 Å². The predicted octanol–water partition coefficient (Wildman–Crippen LogP) is 2.46. The van der Waals surface area contributed by atoms with Gasteiger partial charge in [0.05, 0.1) is 23.1 Å². The van der Waals surface area contributed by atoms with Crippen molar-refractivity contribution in [2.24, 2.45) is 7.05 Å². The molecule has 0 aromatic carbocycles. The van der Waals surface area contributed by atoms with Crippen LogP contribution in [0.3, 0.4) is 0 Å². The zero-order valence-electron chi connectivity index (χ0n) is 12.0. The molecule has 0 amide bonds. The van der Waals surface area contributed by atoms with Gasteiger partial charge >= 0.3 is 0 Å². The molecule has 104 valence electrons. The lowest BCUT2D eigenvalue weighted by Crippen LogP contribution is -2.35. The second kappa shape index (κ2) is 4.98. The van der Waals surface area contributed by atoms with Crippen molar-refractivity contribution in [3.05, 3.63) is 28.7 Å². The summed E-state index contributed by atoms with van der Waals surface area (Å²) in [5.41, 5.74) is 2.19. The first-order chi connectivity index (χ1) is 8.78. The van der Waals surface area contributed by atoms with E-state index in [1.807, 2.05) is 18.7 Å². The Bertz CT molecular complexity index is 576. The predicted molar refractivity (Wildman–Crippen MR) is 76.7 cm³/mol. The SMILES string of the molecule is Cc1nn(C)c(-n2cc(Cl)cn2)c1CNC(C)(C)C. The van der Waals surface area contributed by atoms with Crippen LogP contribution in [-0.4, -0.2) is 25.1 Å². The third-order valence-corrected chi connectivity index (χ3v) is 3.07. The summed E-state index contributed by atoms with van der Waals surface area (Å²) in [6.07, 6.45) is 3.42. The van der Waals surface area contributed by atoms with Gasteiger partial charge in [0.25, 0.3) is 0 Å². The molecule has 5 nitrogen and oxygen atoms in total. The lowest BCUT2D eigenvalue weighted by atomic mass is 10.1. The second-order valence-electron chi connectivity index (χ2n) is 5.72. The normalized spacial score (nSPS) is 12.1. The fraction of sp³-hybridized carbons (Fsp3) is 0.538. The third-order valence-electron chi connectivity index (χ3n) is 2.88. The minimum absolute atomic E-state index is 0.0569. The highest BCUT2D eigenvalue weighted by Crippen LogP contribution is 2.19. The van der Waals surface area contributed by atoms with E-state index in [1.165, 1.54) is 0 Å². The molecule has 0 radical (unpaired) electrons. The molecule has 0 atom stereocenters. The van der Waals surface area contributed by atoms with Gasteiger partial charge in [-0.3, -0.25) is 4.68 Å². The molecule has 0 fully saturated rings. The van der Waals surface area contributed by atoms with Crippen molar-refractivity contribution in [1.29, 1.82) is 0 Å². The lowest BCUT2D eigenvalue weighted by molar-refractivity contribution is 0.423.